The van der Waals surface area contributed by atoms with Crippen LogP contribution in [-0.4, -0.2) is 17.0 Å². The number of anilines is 1. The van der Waals surface area contributed by atoms with E-state index in [1.165, 1.54) is 0 Å². The second kappa shape index (κ2) is 6.19. The summed E-state index contributed by atoms with van der Waals surface area (Å²) in [6, 6.07) is 9.38. The van der Waals surface area contributed by atoms with Gasteiger partial charge in [-0.2, -0.15) is 0 Å². The molecule has 0 saturated carbocycles. The van der Waals surface area contributed by atoms with E-state index in [1.807, 2.05) is 26.0 Å². The quantitative estimate of drug-likeness (QED) is 0.928. The maximum atomic E-state index is 12.0. The summed E-state index contributed by atoms with van der Waals surface area (Å²) >= 11 is 0. The lowest BCUT2D eigenvalue weighted by Gasteiger charge is -2.15. The van der Waals surface area contributed by atoms with Crippen molar-refractivity contribution in [1.82, 2.24) is 4.98 Å². The van der Waals surface area contributed by atoms with Crippen LogP contribution < -0.4 is 10.1 Å². The van der Waals surface area contributed by atoms with E-state index in [2.05, 4.69) is 16.4 Å². The first-order valence-electron chi connectivity index (χ1n) is 6.50. The number of ether oxygens (including phenoxy) is 1. The Morgan fingerprint density at radius 3 is 2.35 bits per heavy atom. The summed E-state index contributed by atoms with van der Waals surface area (Å²) in [6.07, 6.45) is 2.69. The molecule has 4 heteroatoms. The molecular weight excluding hydrogens is 252 g/mol. The molecule has 1 aromatic carbocycles. The van der Waals surface area contributed by atoms with Gasteiger partial charge in [-0.3, -0.25) is 9.78 Å². The number of benzene rings is 1. The van der Waals surface area contributed by atoms with Gasteiger partial charge in [-0.1, -0.05) is 6.07 Å². The summed E-state index contributed by atoms with van der Waals surface area (Å²) in [5.41, 5.74) is 2.93. The van der Waals surface area contributed by atoms with Gasteiger partial charge in [0, 0.05) is 18.1 Å². The van der Waals surface area contributed by atoms with Crippen molar-refractivity contribution in [3.8, 4) is 5.75 Å². The molecule has 104 valence electrons. The minimum atomic E-state index is -0.565. The van der Waals surface area contributed by atoms with E-state index in [1.54, 1.807) is 31.5 Å². The maximum Gasteiger partial charge on any atom is 0.265 e. The number of aryl methyl sites for hydroxylation is 2. The first-order chi connectivity index (χ1) is 9.54. The third-order valence-corrected chi connectivity index (χ3v) is 2.83. The van der Waals surface area contributed by atoms with Crippen LogP contribution in [0, 0.1) is 13.8 Å². The van der Waals surface area contributed by atoms with Gasteiger partial charge in [0.1, 0.15) is 5.75 Å². The molecule has 1 N–H and O–H groups in total. The SMILES string of the molecule is Cc1cc(C)cc(O[C@H](C)C(=O)Nc2ccncc2)c1. The number of hydrogen-bond acceptors (Lipinski definition) is 3. The van der Waals surface area contributed by atoms with E-state index in [0.717, 1.165) is 11.1 Å². The zero-order valence-electron chi connectivity index (χ0n) is 11.9. The van der Waals surface area contributed by atoms with Crippen LogP contribution in [0.25, 0.3) is 0 Å². The lowest BCUT2D eigenvalue weighted by atomic mass is 10.1. The highest BCUT2D eigenvalue weighted by Crippen LogP contribution is 2.18. The Morgan fingerprint density at radius 2 is 1.75 bits per heavy atom. The van der Waals surface area contributed by atoms with Crippen LogP contribution in [0.1, 0.15) is 18.1 Å². The molecule has 0 unspecified atom stereocenters. The van der Waals surface area contributed by atoms with Crippen LogP contribution >= 0.6 is 0 Å². The van der Waals surface area contributed by atoms with Gasteiger partial charge in [-0.15, -0.1) is 0 Å². The molecule has 2 aromatic rings. The monoisotopic (exact) mass is 270 g/mol. The van der Waals surface area contributed by atoms with Gasteiger partial charge in [-0.05, 0) is 56.2 Å². The number of aromatic nitrogens is 1. The molecule has 0 bridgehead atoms. The van der Waals surface area contributed by atoms with Gasteiger partial charge < -0.3 is 10.1 Å². The minimum absolute atomic E-state index is 0.185. The molecular formula is C16H18N2O2. The molecule has 4 nitrogen and oxygen atoms in total. The molecule has 0 aliphatic rings. The van der Waals surface area contributed by atoms with E-state index < -0.39 is 6.10 Å². The second-order valence-corrected chi connectivity index (χ2v) is 4.81. The van der Waals surface area contributed by atoms with Gasteiger partial charge >= 0.3 is 0 Å². The summed E-state index contributed by atoms with van der Waals surface area (Å²) in [7, 11) is 0. The average Bonchev–Trinajstić information content (AvgIpc) is 2.38. The van der Waals surface area contributed by atoms with Crippen LogP contribution in [0.4, 0.5) is 5.69 Å². The summed E-state index contributed by atoms with van der Waals surface area (Å²) in [4.78, 5) is 15.9. The Labute approximate surface area is 118 Å². The van der Waals surface area contributed by atoms with Gasteiger partial charge in [-0.25, -0.2) is 0 Å². The maximum absolute atomic E-state index is 12.0. The van der Waals surface area contributed by atoms with Gasteiger partial charge in [0.2, 0.25) is 0 Å². The van der Waals surface area contributed by atoms with E-state index in [9.17, 15) is 4.79 Å². The molecule has 1 atom stereocenters. The van der Waals surface area contributed by atoms with Crippen molar-refractivity contribution in [2.45, 2.75) is 26.9 Å². The van der Waals surface area contributed by atoms with Gasteiger partial charge in [0.15, 0.2) is 6.10 Å². The number of carbonyl (C=O) groups excluding carboxylic acids is 1. The second-order valence-electron chi connectivity index (χ2n) is 4.81. The van der Waals surface area contributed by atoms with Crippen LogP contribution in [-0.2, 0) is 4.79 Å². The molecule has 0 saturated heterocycles. The van der Waals surface area contributed by atoms with Crippen LogP contribution in [0.3, 0.4) is 0 Å². The van der Waals surface area contributed by atoms with E-state index >= 15 is 0 Å². The molecule has 2 rings (SSSR count). The summed E-state index contributed by atoms with van der Waals surface area (Å²) in [6.45, 7) is 5.73. The molecule has 0 fully saturated rings. The fourth-order valence-corrected chi connectivity index (χ4v) is 1.94. The third kappa shape index (κ3) is 3.82. The zero-order valence-corrected chi connectivity index (χ0v) is 11.9. The lowest BCUT2D eigenvalue weighted by molar-refractivity contribution is -0.122. The largest absolute Gasteiger partial charge is 0.481 e. The van der Waals surface area contributed by atoms with E-state index in [4.69, 9.17) is 4.74 Å². The molecule has 1 heterocycles. The fourth-order valence-electron chi connectivity index (χ4n) is 1.94. The molecule has 0 aliphatic carbocycles. The standard InChI is InChI=1S/C16H18N2O2/c1-11-8-12(2)10-15(9-11)20-13(3)16(19)18-14-4-6-17-7-5-14/h4-10,13H,1-3H3,(H,17,18,19)/t13-/m1/s1. The smallest absolute Gasteiger partial charge is 0.265 e. The third-order valence-electron chi connectivity index (χ3n) is 2.83. The van der Waals surface area contributed by atoms with Crippen LogP contribution in [0.2, 0.25) is 0 Å². The van der Waals surface area contributed by atoms with Gasteiger partial charge in [0.05, 0.1) is 0 Å². The Balaban J connectivity index is 2.00. The first kappa shape index (κ1) is 14.1. The lowest BCUT2D eigenvalue weighted by Crippen LogP contribution is -2.30. The normalized spacial score (nSPS) is 11.8. The summed E-state index contributed by atoms with van der Waals surface area (Å²) in [5.74, 6) is 0.523. The van der Waals surface area contributed by atoms with Crippen molar-refractivity contribution in [1.29, 1.82) is 0 Å². The van der Waals surface area contributed by atoms with Crippen molar-refractivity contribution < 1.29 is 9.53 Å². The topological polar surface area (TPSA) is 51.2 Å². The number of rotatable bonds is 4. The van der Waals surface area contributed by atoms with E-state index in [-0.39, 0.29) is 5.91 Å². The van der Waals surface area contributed by atoms with Crippen LogP contribution in [0.5, 0.6) is 5.75 Å². The number of carbonyl (C=O) groups is 1. The zero-order chi connectivity index (χ0) is 14.5. The van der Waals surface area contributed by atoms with Crippen molar-refractivity contribution in [2.75, 3.05) is 5.32 Å². The first-order valence-corrected chi connectivity index (χ1v) is 6.50. The number of nitrogens with one attached hydrogen (secondary N) is 1. The van der Waals surface area contributed by atoms with Crippen molar-refractivity contribution >= 4 is 11.6 Å². The molecule has 1 amide bonds. The van der Waals surface area contributed by atoms with Crippen molar-refractivity contribution in [2.24, 2.45) is 0 Å². The average molecular weight is 270 g/mol. The number of pyridine rings is 1. The number of nitrogens with zero attached hydrogens (tertiary/aromatic N) is 1. The molecule has 20 heavy (non-hydrogen) atoms. The van der Waals surface area contributed by atoms with Gasteiger partial charge in [0.25, 0.3) is 5.91 Å². The Hall–Kier alpha value is -2.36. The Morgan fingerprint density at radius 1 is 1.15 bits per heavy atom. The summed E-state index contributed by atoms with van der Waals surface area (Å²) in [5, 5.41) is 2.79. The number of hydrogen-bond donors (Lipinski definition) is 1. The molecule has 1 aromatic heterocycles. The molecule has 0 aliphatic heterocycles. The molecule has 0 radical (unpaired) electrons. The highest BCUT2D eigenvalue weighted by Gasteiger charge is 2.15. The highest BCUT2D eigenvalue weighted by molar-refractivity contribution is 5.94. The summed E-state index contributed by atoms with van der Waals surface area (Å²) < 4.78 is 5.68. The predicted molar refractivity (Wildman–Crippen MR) is 78.9 cm³/mol. The van der Waals surface area contributed by atoms with Crippen molar-refractivity contribution in [3.63, 3.8) is 0 Å². The minimum Gasteiger partial charge on any atom is -0.481 e. The van der Waals surface area contributed by atoms with Crippen LogP contribution in [0.15, 0.2) is 42.7 Å². The van der Waals surface area contributed by atoms with E-state index in [0.29, 0.717) is 11.4 Å². The predicted octanol–water partition coefficient (Wildman–Crippen LogP) is 3.10. The number of amides is 1. The Kier molecular flexibility index (Phi) is 4.35. The fraction of sp³-hybridized carbons (Fsp3) is 0.250. The highest BCUT2D eigenvalue weighted by atomic mass is 16.5. The molecule has 0 spiro atoms. The van der Waals surface area contributed by atoms with Crippen molar-refractivity contribution in [3.05, 3.63) is 53.9 Å². The Bertz CT molecular complexity index is 576.